The van der Waals surface area contributed by atoms with E-state index in [1.54, 1.807) is 24.3 Å². The number of aromatic hydroxyl groups is 1. The Morgan fingerprint density at radius 1 is 1.22 bits per heavy atom. The van der Waals surface area contributed by atoms with E-state index in [0.29, 0.717) is 59.2 Å². The molecule has 6 heterocycles. The van der Waals surface area contributed by atoms with Crippen molar-refractivity contribution >= 4 is 39.1 Å². The smallest absolute Gasteiger partial charge is 0.319 e. The Bertz CT molecular complexity index is 1990. The molecule has 0 saturated carbocycles. The fourth-order valence-corrected chi connectivity index (χ4v) is 9.10. The first-order valence-corrected chi connectivity index (χ1v) is 16.3. The van der Waals surface area contributed by atoms with E-state index in [1.807, 2.05) is 0 Å². The molecule has 4 fully saturated rings. The van der Waals surface area contributed by atoms with Crippen molar-refractivity contribution in [1.82, 2.24) is 20.2 Å². The molecular formula is C35H32ClF2N5O3. The maximum absolute atomic E-state index is 17.2. The minimum absolute atomic E-state index is 0.00572. The topological polar surface area (TPSA) is 83.0 Å². The van der Waals surface area contributed by atoms with Crippen LogP contribution in [0.5, 0.6) is 17.5 Å². The number of phenolic OH excluding ortho intramolecular Hbond substituents is 1. The highest BCUT2D eigenvalue weighted by Crippen LogP contribution is 2.51. The molecule has 2 N–H and O–H groups in total. The third-order valence-corrected chi connectivity index (χ3v) is 11.1. The van der Waals surface area contributed by atoms with Crippen molar-refractivity contribution in [1.29, 1.82) is 0 Å². The molecule has 0 unspecified atom stereocenters. The molecule has 3 aromatic carbocycles. The lowest BCUT2D eigenvalue weighted by atomic mass is 9.93. The van der Waals surface area contributed by atoms with Gasteiger partial charge in [0, 0.05) is 48.1 Å². The van der Waals surface area contributed by atoms with Gasteiger partial charge in [-0.3, -0.25) is 4.90 Å². The predicted octanol–water partition coefficient (Wildman–Crippen LogP) is 5.59. The molecular weight excluding hydrogens is 612 g/mol. The van der Waals surface area contributed by atoms with Gasteiger partial charge in [0.05, 0.1) is 22.0 Å². The molecule has 9 rings (SSSR count). The Morgan fingerprint density at radius 2 is 2.11 bits per heavy atom. The fraction of sp³-hybridized carbons (Fsp3) is 0.429. The van der Waals surface area contributed by atoms with Crippen LogP contribution in [0.4, 0.5) is 14.6 Å². The number of ether oxygens (including phenoxy) is 2. The van der Waals surface area contributed by atoms with Gasteiger partial charge >= 0.3 is 6.01 Å². The number of phenols is 1. The number of anilines is 1. The summed E-state index contributed by atoms with van der Waals surface area (Å²) in [5.74, 6) is 2.74. The third-order valence-electron chi connectivity index (χ3n) is 10.8. The highest BCUT2D eigenvalue weighted by Gasteiger charge is 2.50. The molecule has 4 saturated heterocycles. The van der Waals surface area contributed by atoms with E-state index >= 15 is 4.39 Å². The highest BCUT2D eigenvalue weighted by atomic mass is 35.5. The lowest BCUT2D eigenvalue weighted by molar-refractivity contribution is 0.107. The van der Waals surface area contributed by atoms with E-state index in [1.165, 1.54) is 6.07 Å². The van der Waals surface area contributed by atoms with E-state index in [2.05, 4.69) is 26.0 Å². The van der Waals surface area contributed by atoms with Gasteiger partial charge in [-0.25, -0.2) is 8.78 Å². The minimum atomic E-state index is -0.907. The molecule has 0 amide bonds. The number of rotatable bonds is 4. The lowest BCUT2D eigenvalue weighted by Gasteiger charge is -2.40. The quantitative estimate of drug-likeness (QED) is 0.279. The molecule has 0 spiro atoms. The summed E-state index contributed by atoms with van der Waals surface area (Å²) in [4.78, 5) is 13.9. The number of nitrogens with one attached hydrogen (secondary N) is 1. The zero-order chi connectivity index (χ0) is 31.3. The number of piperazine rings is 1. The molecule has 236 valence electrons. The van der Waals surface area contributed by atoms with E-state index in [0.717, 1.165) is 32.2 Å². The first-order chi connectivity index (χ1) is 22.3. The summed E-state index contributed by atoms with van der Waals surface area (Å²) in [5, 5.41) is 16.1. The Balaban J connectivity index is 1.27. The van der Waals surface area contributed by atoms with Gasteiger partial charge in [-0.2, -0.15) is 9.97 Å². The number of hydrogen-bond acceptors (Lipinski definition) is 8. The highest BCUT2D eigenvalue weighted by molar-refractivity contribution is 6.37. The summed E-state index contributed by atoms with van der Waals surface area (Å²) in [6.45, 7) is 2.41. The number of hydrogen-bond donors (Lipinski definition) is 2. The van der Waals surface area contributed by atoms with Crippen LogP contribution in [0, 0.1) is 18.2 Å². The van der Waals surface area contributed by atoms with Crippen molar-refractivity contribution in [2.75, 3.05) is 37.7 Å². The van der Waals surface area contributed by atoms with Gasteiger partial charge in [0.1, 0.15) is 36.5 Å². The second-order valence-electron chi connectivity index (χ2n) is 13.4. The zero-order valence-electron chi connectivity index (χ0n) is 25.0. The number of benzene rings is 3. The van der Waals surface area contributed by atoms with Crippen LogP contribution in [-0.4, -0.2) is 82.7 Å². The Morgan fingerprint density at radius 3 is 2.98 bits per heavy atom. The van der Waals surface area contributed by atoms with Gasteiger partial charge in [0.2, 0.25) is 0 Å². The summed E-state index contributed by atoms with van der Waals surface area (Å²) in [5.41, 5.74) is 0.473. The number of nitrogens with zero attached hydrogens (tertiary/aromatic N) is 4. The molecule has 5 aliphatic rings. The molecule has 5 aliphatic heterocycles. The maximum atomic E-state index is 17.2. The van der Waals surface area contributed by atoms with Gasteiger partial charge in [-0.15, -0.1) is 6.42 Å². The average Bonchev–Trinajstić information content (AvgIpc) is 3.67. The molecule has 1 aromatic heterocycles. The molecule has 0 radical (unpaired) electrons. The van der Waals surface area contributed by atoms with Crippen LogP contribution in [0.2, 0.25) is 5.02 Å². The van der Waals surface area contributed by atoms with E-state index < -0.39 is 17.5 Å². The lowest BCUT2D eigenvalue weighted by Crippen LogP contribution is -2.60. The van der Waals surface area contributed by atoms with E-state index in [4.69, 9.17) is 32.5 Å². The molecule has 0 aliphatic carbocycles. The van der Waals surface area contributed by atoms with Crippen molar-refractivity contribution in [2.45, 2.75) is 61.9 Å². The number of aromatic nitrogens is 2. The Kier molecular flexibility index (Phi) is 6.34. The van der Waals surface area contributed by atoms with E-state index in [9.17, 15) is 9.50 Å². The van der Waals surface area contributed by atoms with Crippen molar-refractivity contribution in [3.63, 3.8) is 0 Å². The Hall–Kier alpha value is -3.91. The van der Waals surface area contributed by atoms with Gasteiger partial charge in [0.15, 0.2) is 11.6 Å². The summed E-state index contributed by atoms with van der Waals surface area (Å²) in [7, 11) is 0. The minimum Gasteiger partial charge on any atom is -0.508 e. The van der Waals surface area contributed by atoms with Crippen LogP contribution in [0.3, 0.4) is 0 Å². The number of alkyl halides is 1. The summed E-state index contributed by atoms with van der Waals surface area (Å²) in [6, 6.07) is 8.81. The van der Waals surface area contributed by atoms with Gasteiger partial charge in [-0.1, -0.05) is 29.7 Å². The summed E-state index contributed by atoms with van der Waals surface area (Å²) >= 11 is 7.13. The van der Waals surface area contributed by atoms with Gasteiger partial charge < -0.3 is 24.8 Å². The van der Waals surface area contributed by atoms with Crippen LogP contribution in [0.15, 0.2) is 30.3 Å². The molecule has 46 heavy (non-hydrogen) atoms. The van der Waals surface area contributed by atoms with Crippen LogP contribution in [0.1, 0.15) is 37.7 Å². The van der Waals surface area contributed by atoms with Crippen LogP contribution in [-0.2, 0) is 0 Å². The van der Waals surface area contributed by atoms with E-state index in [-0.39, 0.29) is 58.3 Å². The largest absolute Gasteiger partial charge is 0.508 e. The average molecular weight is 644 g/mol. The molecule has 2 bridgehead atoms. The SMILES string of the molecule is C#Cc1cccc2cc(O)cc(-c3c(Cl)c4c5c(nc(OC[C@@]67CCCN6C[C@H](F)C7)nc5c3F)N3C[C@H]5CC[C@H](N5)[C@@H]3CO4)c12. The molecule has 5 atom stereocenters. The fourth-order valence-electron chi connectivity index (χ4n) is 8.76. The predicted molar refractivity (Wildman–Crippen MR) is 172 cm³/mol. The monoisotopic (exact) mass is 643 g/mol. The molecule has 11 heteroatoms. The summed E-state index contributed by atoms with van der Waals surface area (Å²) in [6.07, 6.45) is 9.18. The van der Waals surface area contributed by atoms with Crippen LogP contribution >= 0.6 is 11.6 Å². The Labute approximate surface area is 269 Å². The second kappa shape index (κ2) is 10.3. The molecule has 8 nitrogen and oxygen atoms in total. The van der Waals surface area contributed by atoms with Crippen molar-refractivity contribution in [3.05, 3.63) is 46.7 Å². The standard InChI is InChI=1S/C35H32ClF2N5O3/c1-2-18-5-3-6-19-11-22(44)12-23(26(18)19)27-29(36)32-28-31(30(27)38)40-34(46-17-35-9-4-10-42(35)14-20(37)13-35)41-33(28)43-15-21-7-8-24(39-21)25(43)16-45-32/h1,3,5-6,11-12,20-21,24-25,39,44H,4,7-10,13-17H2/t20-,21-,24+,25+,35+/m1/s1. The number of terminal acetylenes is 1. The maximum Gasteiger partial charge on any atom is 0.319 e. The zero-order valence-corrected chi connectivity index (χ0v) is 25.8. The first-order valence-electron chi connectivity index (χ1n) is 16.0. The normalized spacial score (nSPS) is 28.2. The van der Waals surface area contributed by atoms with Crippen LogP contribution in [0.25, 0.3) is 32.8 Å². The van der Waals surface area contributed by atoms with Crippen LogP contribution < -0.4 is 19.7 Å². The number of fused-ring (bicyclic) bond motifs is 7. The van der Waals surface area contributed by atoms with Crippen molar-refractivity contribution in [3.8, 4) is 41.0 Å². The number of halogens is 3. The van der Waals surface area contributed by atoms with Crippen molar-refractivity contribution in [2.24, 2.45) is 0 Å². The first kappa shape index (κ1) is 28.3. The summed E-state index contributed by atoms with van der Waals surface area (Å²) < 4.78 is 44.6. The molecule has 4 aromatic rings. The third kappa shape index (κ3) is 4.11. The van der Waals surface area contributed by atoms with Crippen molar-refractivity contribution < 1.29 is 23.4 Å². The van der Waals surface area contributed by atoms with Gasteiger partial charge in [0.25, 0.3) is 0 Å². The second-order valence-corrected chi connectivity index (χ2v) is 13.7. The van der Waals surface area contributed by atoms with Gasteiger partial charge in [-0.05, 0) is 61.4 Å².